The van der Waals surface area contributed by atoms with Crippen molar-refractivity contribution in [1.82, 2.24) is 19.9 Å². The highest BCUT2D eigenvalue weighted by atomic mass is 16.5. The number of aromatic nitrogens is 4. The fourth-order valence-electron chi connectivity index (χ4n) is 6.34. The summed E-state index contributed by atoms with van der Waals surface area (Å²) < 4.78 is 6.30. The van der Waals surface area contributed by atoms with Crippen LogP contribution in [0.25, 0.3) is 56.2 Å². The predicted molar refractivity (Wildman–Crippen MR) is 180 cm³/mol. The van der Waals surface area contributed by atoms with E-state index in [1.807, 2.05) is 72.9 Å². The smallest absolute Gasteiger partial charge is 0.164 e. The van der Waals surface area contributed by atoms with Crippen LogP contribution in [0.1, 0.15) is 30.5 Å². The summed E-state index contributed by atoms with van der Waals surface area (Å²) >= 11 is 0. The molecule has 46 heavy (non-hydrogen) atoms. The van der Waals surface area contributed by atoms with Gasteiger partial charge in [0.25, 0.3) is 0 Å². The van der Waals surface area contributed by atoms with E-state index >= 15 is 0 Å². The van der Waals surface area contributed by atoms with E-state index in [0.717, 1.165) is 55.6 Å². The van der Waals surface area contributed by atoms with Gasteiger partial charge >= 0.3 is 0 Å². The van der Waals surface area contributed by atoms with Crippen LogP contribution in [0.2, 0.25) is 0 Å². The van der Waals surface area contributed by atoms with Crippen LogP contribution in [0, 0.1) is 11.3 Å². The van der Waals surface area contributed by atoms with E-state index in [1.165, 1.54) is 0 Å². The lowest BCUT2D eigenvalue weighted by atomic mass is 9.73. The Morgan fingerprint density at radius 2 is 1.26 bits per heavy atom. The molecule has 1 aliphatic heterocycles. The highest BCUT2D eigenvalue weighted by Crippen LogP contribution is 2.50. The second-order valence-electron chi connectivity index (χ2n) is 11.9. The van der Waals surface area contributed by atoms with E-state index in [2.05, 4.69) is 79.5 Å². The second kappa shape index (κ2) is 10.8. The molecule has 0 bridgehead atoms. The molecule has 7 aromatic rings. The Kier molecular flexibility index (Phi) is 6.40. The first-order valence-corrected chi connectivity index (χ1v) is 15.1. The molecule has 6 heteroatoms. The maximum Gasteiger partial charge on any atom is 0.164 e. The molecule has 0 spiro atoms. The lowest BCUT2D eigenvalue weighted by molar-refractivity contribution is 0.417. The van der Waals surface area contributed by atoms with Crippen LogP contribution in [-0.4, -0.2) is 19.9 Å². The van der Waals surface area contributed by atoms with E-state index in [-0.39, 0.29) is 0 Å². The molecule has 2 aromatic heterocycles. The molecule has 3 heterocycles. The maximum absolute atomic E-state index is 9.88. The van der Waals surface area contributed by atoms with Crippen molar-refractivity contribution in [2.75, 3.05) is 0 Å². The number of nitriles is 1. The summed E-state index contributed by atoms with van der Waals surface area (Å²) in [6.45, 7) is 4.25. The summed E-state index contributed by atoms with van der Waals surface area (Å²) in [5.74, 6) is 3.20. The highest BCUT2D eigenvalue weighted by molar-refractivity contribution is 5.93. The third-order valence-electron chi connectivity index (χ3n) is 8.66. The monoisotopic (exact) mass is 593 g/mol. The number of hydrogen-bond donors (Lipinski definition) is 0. The van der Waals surface area contributed by atoms with E-state index in [0.29, 0.717) is 28.8 Å². The molecule has 6 nitrogen and oxygen atoms in total. The molecule has 0 radical (unpaired) electrons. The highest BCUT2D eigenvalue weighted by Gasteiger charge is 2.36. The lowest BCUT2D eigenvalue weighted by Crippen LogP contribution is -2.25. The largest absolute Gasteiger partial charge is 0.457 e. The summed E-state index contributed by atoms with van der Waals surface area (Å²) in [5, 5.41) is 11.0. The number of rotatable bonds is 4. The van der Waals surface area contributed by atoms with Gasteiger partial charge in [-0.2, -0.15) is 5.26 Å². The van der Waals surface area contributed by atoms with E-state index in [4.69, 9.17) is 19.7 Å². The standard InChI is InChI=1S/C40H27N5O/c1-40(2)32-23-29(20-21-33(32)46-34-15-7-12-30(24-41)35(34)40)39-44-37(27-9-4-3-5-10-27)43-38(45-39)28-18-16-25(17-19-28)31-14-6-11-26-13-8-22-42-36(26)31/h3-23H,1-2H3. The SMILES string of the molecule is CC1(C)c2cc(-c3nc(-c4ccccc4)nc(-c4ccc(-c5cccc6cccnc56)cc4)n3)ccc2Oc2cccc(C#N)c21. The summed E-state index contributed by atoms with van der Waals surface area (Å²) in [6, 6.07) is 42.5. The number of nitrogens with zero attached hydrogens (tertiary/aromatic N) is 5. The Morgan fingerprint density at radius 1 is 0.609 bits per heavy atom. The predicted octanol–water partition coefficient (Wildman–Crippen LogP) is 9.39. The van der Waals surface area contributed by atoms with Gasteiger partial charge in [0.2, 0.25) is 0 Å². The Balaban J connectivity index is 1.24. The second-order valence-corrected chi connectivity index (χ2v) is 11.9. The van der Waals surface area contributed by atoms with Crippen molar-refractivity contribution < 1.29 is 4.74 Å². The van der Waals surface area contributed by atoms with E-state index in [1.54, 1.807) is 0 Å². The van der Waals surface area contributed by atoms with Crippen molar-refractivity contribution in [3.8, 4) is 62.9 Å². The van der Waals surface area contributed by atoms with Gasteiger partial charge in [-0.05, 0) is 42.0 Å². The molecule has 0 atom stereocenters. The van der Waals surface area contributed by atoms with Gasteiger partial charge in [-0.3, -0.25) is 4.98 Å². The number of pyridine rings is 1. The number of benzene rings is 5. The number of ether oxygens (including phenoxy) is 1. The average molecular weight is 594 g/mol. The molecule has 218 valence electrons. The van der Waals surface area contributed by atoms with Crippen LogP contribution in [0.5, 0.6) is 11.5 Å². The number of para-hydroxylation sites is 1. The normalized spacial score (nSPS) is 12.9. The van der Waals surface area contributed by atoms with Gasteiger partial charge in [0, 0.05) is 50.4 Å². The topological polar surface area (TPSA) is 84.6 Å². The molecule has 0 amide bonds. The van der Waals surface area contributed by atoms with Crippen LogP contribution < -0.4 is 4.74 Å². The fourth-order valence-corrected chi connectivity index (χ4v) is 6.34. The van der Waals surface area contributed by atoms with Crippen molar-refractivity contribution in [3.63, 3.8) is 0 Å². The molecular weight excluding hydrogens is 566 g/mol. The average Bonchev–Trinajstić information content (AvgIpc) is 3.11. The minimum Gasteiger partial charge on any atom is -0.457 e. The molecule has 1 aliphatic rings. The third-order valence-corrected chi connectivity index (χ3v) is 8.66. The van der Waals surface area contributed by atoms with E-state index in [9.17, 15) is 5.26 Å². The summed E-state index contributed by atoms with van der Waals surface area (Å²) in [6.07, 6.45) is 1.83. The molecule has 8 rings (SSSR count). The zero-order valence-electron chi connectivity index (χ0n) is 25.3. The lowest BCUT2D eigenvalue weighted by Gasteiger charge is -2.35. The minimum absolute atomic E-state index is 0.477. The molecule has 5 aromatic carbocycles. The molecular formula is C40H27N5O. The van der Waals surface area contributed by atoms with Crippen LogP contribution in [0.3, 0.4) is 0 Å². The van der Waals surface area contributed by atoms with Crippen molar-refractivity contribution in [2.45, 2.75) is 19.3 Å². The van der Waals surface area contributed by atoms with Crippen molar-refractivity contribution in [1.29, 1.82) is 5.26 Å². The van der Waals surface area contributed by atoms with Crippen molar-refractivity contribution in [2.24, 2.45) is 0 Å². The van der Waals surface area contributed by atoms with Gasteiger partial charge in [0.05, 0.1) is 17.1 Å². The van der Waals surface area contributed by atoms with Crippen LogP contribution in [0.15, 0.2) is 128 Å². The summed E-state index contributed by atoms with van der Waals surface area (Å²) in [5.41, 5.74) is 7.72. The first-order valence-electron chi connectivity index (χ1n) is 15.1. The van der Waals surface area contributed by atoms with Gasteiger partial charge in [0.15, 0.2) is 17.5 Å². The Bertz CT molecular complexity index is 2320. The van der Waals surface area contributed by atoms with Gasteiger partial charge in [0.1, 0.15) is 11.5 Å². The number of fused-ring (bicyclic) bond motifs is 3. The quantitative estimate of drug-likeness (QED) is 0.202. The van der Waals surface area contributed by atoms with Gasteiger partial charge in [-0.1, -0.05) is 98.8 Å². The first-order chi connectivity index (χ1) is 22.5. The molecule has 0 N–H and O–H groups in total. The first kappa shape index (κ1) is 27.4. The van der Waals surface area contributed by atoms with Gasteiger partial charge in [-0.15, -0.1) is 0 Å². The van der Waals surface area contributed by atoms with Crippen LogP contribution in [0.4, 0.5) is 0 Å². The Labute approximate surface area is 266 Å². The summed E-state index contributed by atoms with van der Waals surface area (Å²) in [4.78, 5) is 19.5. The van der Waals surface area contributed by atoms with Gasteiger partial charge in [-0.25, -0.2) is 15.0 Å². The molecule has 0 unspecified atom stereocenters. The molecule has 0 saturated heterocycles. The molecule has 0 saturated carbocycles. The summed E-state index contributed by atoms with van der Waals surface area (Å²) in [7, 11) is 0. The Hall–Kier alpha value is -6.19. The molecule has 0 aliphatic carbocycles. The Morgan fingerprint density at radius 3 is 2.02 bits per heavy atom. The third kappa shape index (κ3) is 4.58. The van der Waals surface area contributed by atoms with E-state index < -0.39 is 5.41 Å². The minimum atomic E-state index is -0.477. The van der Waals surface area contributed by atoms with Crippen LogP contribution >= 0.6 is 0 Å². The van der Waals surface area contributed by atoms with Gasteiger partial charge < -0.3 is 4.74 Å². The zero-order chi connectivity index (χ0) is 31.3. The molecule has 0 fully saturated rings. The number of hydrogen-bond acceptors (Lipinski definition) is 6. The van der Waals surface area contributed by atoms with Crippen LogP contribution in [-0.2, 0) is 5.41 Å². The maximum atomic E-state index is 9.88. The van der Waals surface area contributed by atoms with Crippen molar-refractivity contribution >= 4 is 10.9 Å². The zero-order valence-corrected chi connectivity index (χ0v) is 25.3. The van der Waals surface area contributed by atoms with Crippen molar-refractivity contribution in [3.05, 3.63) is 144 Å². The fraction of sp³-hybridized carbons (Fsp3) is 0.0750.